The Labute approximate surface area is 105 Å². The molecule has 0 bridgehead atoms. The lowest BCUT2D eigenvalue weighted by molar-refractivity contribution is -0.172. The second-order valence-corrected chi connectivity index (χ2v) is 5.39. The Hall–Kier alpha value is -0.570. The molecule has 3 heteroatoms. The fraction of sp³-hybridized carbons (Fsp3) is 0.929. The molecule has 0 radical (unpaired) electrons. The molecular weight excluding hydrogens is 216 g/mol. The van der Waals surface area contributed by atoms with Crippen molar-refractivity contribution in [2.45, 2.75) is 70.8 Å². The Morgan fingerprint density at radius 1 is 1.29 bits per heavy atom. The maximum atomic E-state index is 11.4. The minimum Gasteiger partial charge on any atom is -0.479 e. The molecule has 0 aromatic rings. The van der Waals surface area contributed by atoms with Crippen LogP contribution in [0.4, 0.5) is 0 Å². The summed E-state index contributed by atoms with van der Waals surface area (Å²) in [6, 6.07) is 0. The second-order valence-electron chi connectivity index (χ2n) is 5.39. The van der Waals surface area contributed by atoms with Crippen LogP contribution in [0.2, 0.25) is 0 Å². The van der Waals surface area contributed by atoms with E-state index in [2.05, 4.69) is 13.8 Å². The Morgan fingerprint density at radius 3 is 2.47 bits per heavy atom. The van der Waals surface area contributed by atoms with Crippen molar-refractivity contribution in [3.8, 4) is 0 Å². The maximum absolute atomic E-state index is 11.4. The van der Waals surface area contributed by atoms with E-state index in [9.17, 15) is 9.90 Å². The predicted octanol–water partition coefficient (Wildman–Crippen LogP) is 3.62. The summed E-state index contributed by atoms with van der Waals surface area (Å²) in [6.45, 7) is 4.95. The van der Waals surface area contributed by atoms with E-state index >= 15 is 0 Å². The molecule has 0 amide bonds. The van der Waals surface area contributed by atoms with Gasteiger partial charge in [-0.05, 0) is 38.0 Å². The molecule has 0 unspecified atom stereocenters. The molecule has 1 aliphatic carbocycles. The number of ether oxygens (including phenoxy) is 1. The lowest BCUT2D eigenvalue weighted by Gasteiger charge is -2.35. The SMILES string of the molecule is CCCCCCOC1(C(=O)O)CCC(C)CC1. The average Bonchev–Trinajstić information content (AvgIpc) is 2.31. The van der Waals surface area contributed by atoms with Gasteiger partial charge in [0.15, 0.2) is 5.60 Å². The maximum Gasteiger partial charge on any atom is 0.335 e. The molecule has 0 aliphatic heterocycles. The molecule has 100 valence electrons. The molecule has 0 aromatic carbocycles. The third kappa shape index (κ3) is 4.30. The molecule has 1 saturated carbocycles. The van der Waals surface area contributed by atoms with Crippen molar-refractivity contribution in [1.82, 2.24) is 0 Å². The Kier molecular flexibility index (Phi) is 5.96. The van der Waals surface area contributed by atoms with Crippen LogP contribution < -0.4 is 0 Å². The summed E-state index contributed by atoms with van der Waals surface area (Å²) < 4.78 is 5.73. The summed E-state index contributed by atoms with van der Waals surface area (Å²) in [5.41, 5.74) is -0.876. The Bertz CT molecular complexity index is 230. The third-order valence-electron chi connectivity index (χ3n) is 3.85. The van der Waals surface area contributed by atoms with Gasteiger partial charge in [0.1, 0.15) is 0 Å². The molecule has 3 nitrogen and oxygen atoms in total. The molecule has 0 aromatic heterocycles. The van der Waals surface area contributed by atoms with Crippen LogP contribution in [0, 0.1) is 5.92 Å². The zero-order valence-corrected chi connectivity index (χ0v) is 11.2. The Morgan fingerprint density at radius 2 is 1.94 bits per heavy atom. The van der Waals surface area contributed by atoms with Gasteiger partial charge in [-0.25, -0.2) is 4.79 Å². The molecular formula is C14H26O3. The second kappa shape index (κ2) is 7.00. The molecule has 0 atom stereocenters. The molecule has 0 saturated heterocycles. The fourth-order valence-electron chi connectivity index (χ4n) is 2.44. The number of carboxylic acid groups (broad SMARTS) is 1. The minimum absolute atomic E-state index is 0.598. The van der Waals surface area contributed by atoms with E-state index in [4.69, 9.17) is 4.74 Å². The predicted molar refractivity (Wildman–Crippen MR) is 68.1 cm³/mol. The smallest absolute Gasteiger partial charge is 0.335 e. The van der Waals surface area contributed by atoms with Gasteiger partial charge >= 0.3 is 5.97 Å². The summed E-state index contributed by atoms with van der Waals surface area (Å²) in [5.74, 6) is -0.119. The van der Waals surface area contributed by atoms with Gasteiger partial charge in [-0.1, -0.05) is 33.1 Å². The van der Waals surface area contributed by atoms with Crippen LogP contribution in [0.25, 0.3) is 0 Å². The van der Waals surface area contributed by atoms with Crippen molar-refractivity contribution in [3.63, 3.8) is 0 Å². The lowest BCUT2D eigenvalue weighted by atomic mass is 9.79. The topological polar surface area (TPSA) is 46.5 Å². The zero-order valence-electron chi connectivity index (χ0n) is 11.2. The largest absolute Gasteiger partial charge is 0.479 e. The molecule has 1 N–H and O–H groups in total. The van der Waals surface area contributed by atoms with Crippen molar-refractivity contribution in [2.24, 2.45) is 5.92 Å². The van der Waals surface area contributed by atoms with Gasteiger partial charge in [-0.3, -0.25) is 0 Å². The number of carbonyl (C=O) groups is 1. The number of carboxylic acids is 1. The van der Waals surface area contributed by atoms with Crippen LogP contribution in [0.3, 0.4) is 0 Å². The first-order valence-electron chi connectivity index (χ1n) is 6.98. The van der Waals surface area contributed by atoms with Gasteiger partial charge in [0, 0.05) is 6.61 Å². The molecule has 0 heterocycles. The summed E-state index contributed by atoms with van der Waals surface area (Å²) >= 11 is 0. The quantitative estimate of drug-likeness (QED) is 0.694. The van der Waals surface area contributed by atoms with Crippen LogP contribution in [0.1, 0.15) is 65.2 Å². The zero-order chi connectivity index (χ0) is 12.7. The summed E-state index contributed by atoms with van der Waals surface area (Å²) in [6.07, 6.45) is 7.83. The van der Waals surface area contributed by atoms with Crippen molar-refractivity contribution >= 4 is 5.97 Å². The molecule has 1 rings (SSSR count). The Balaban J connectivity index is 2.35. The van der Waals surface area contributed by atoms with Crippen LogP contribution in [0.5, 0.6) is 0 Å². The van der Waals surface area contributed by atoms with Crippen molar-refractivity contribution in [3.05, 3.63) is 0 Å². The first kappa shape index (κ1) is 14.5. The highest BCUT2D eigenvalue weighted by atomic mass is 16.5. The highest BCUT2D eigenvalue weighted by Gasteiger charge is 2.42. The number of unbranched alkanes of at least 4 members (excludes halogenated alkanes) is 3. The number of hydrogen-bond acceptors (Lipinski definition) is 2. The number of aliphatic carboxylic acids is 1. The van der Waals surface area contributed by atoms with E-state index in [1.54, 1.807) is 0 Å². The number of hydrogen-bond donors (Lipinski definition) is 1. The van der Waals surface area contributed by atoms with Crippen molar-refractivity contribution in [1.29, 1.82) is 0 Å². The van der Waals surface area contributed by atoms with Gasteiger partial charge in [0.2, 0.25) is 0 Å². The molecule has 1 fully saturated rings. The highest BCUT2D eigenvalue weighted by Crippen LogP contribution is 2.35. The molecule has 1 aliphatic rings. The van der Waals surface area contributed by atoms with Gasteiger partial charge in [-0.15, -0.1) is 0 Å². The normalized spacial score (nSPS) is 29.2. The molecule has 17 heavy (non-hydrogen) atoms. The van der Waals surface area contributed by atoms with Gasteiger partial charge in [0.05, 0.1) is 0 Å². The van der Waals surface area contributed by atoms with E-state index in [1.165, 1.54) is 12.8 Å². The summed E-state index contributed by atoms with van der Waals surface area (Å²) in [4.78, 5) is 11.4. The first-order chi connectivity index (χ1) is 8.10. The molecule has 0 spiro atoms. The van der Waals surface area contributed by atoms with Crippen molar-refractivity contribution < 1.29 is 14.6 Å². The van der Waals surface area contributed by atoms with E-state index in [0.29, 0.717) is 25.4 Å². The minimum atomic E-state index is -0.876. The summed E-state index contributed by atoms with van der Waals surface area (Å²) in [5, 5.41) is 9.35. The average molecular weight is 242 g/mol. The van der Waals surface area contributed by atoms with Crippen LogP contribution in [-0.2, 0) is 9.53 Å². The first-order valence-corrected chi connectivity index (χ1v) is 6.98. The fourth-order valence-corrected chi connectivity index (χ4v) is 2.44. The third-order valence-corrected chi connectivity index (χ3v) is 3.85. The van der Waals surface area contributed by atoms with E-state index < -0.39 is 11.6 Å². The number of rotatable bonds is 7. The highest BCUT2D eigenvalue weighted by molar-refractivity contribution is 5.77. The van der Waals surface area contributed by atoms with Crippen LogP contribution in [0.15, 0.2) is 0 Å². The van der Waals surface area contributed by atoms with E-state index in [0.717, 1.165) is 25.7 Å². The van der Waals surface area contributed by atoms with Gasteiger partial charge in [0.25, 0.3) is 0 Å². The standard InChI is InChI=1S/C14H26O3/c1-3-4-5-6-11-17-14(13(15)16)9-7-12(2)8-10-14/h12H,3-11H2,1-2H3,(H,15,16). The summed E-state index contributed by atoms with van der Waals surface area (Å²) in [7, 11) is 0. The van der Waals surface area contributed by atoms with Gasteiger partial charge < -0.3 is 9.84 Å². The van der Waals surface area contributed by atoms with Crippen molar-refractivity contribution in [2.75, 3.05) is 6.61 Å². The van der Waals surface area contributed by atoms with E-state index in [-0.39, 0.29) is 0 Å². The lowest BCUT2D eigenvalue weighted by Crippen LogP contribution is -2.44. The van der Waals surface area contributed by atoms with Crippen LogP contribution >= 0.6 is 0 Å². The van der Waals surface area contributed by atoms with Crippen LogP contribution in [-0.4, -0.2) is 23.3 Å². The monoisotopic (exact) mass is 242 g/mol. The van der Waals surface area contributed by atoms with E-state index in [1.807, 2.05) is 0 Å². The van der Waals surface area contributed by atoms with Gasteiger partial charge in [-0.2, -0.15) is 0 Å².